The maximum atomic E-state index is 14.3. The molecule has 0 saturated carbocycles. The summed E-state index contributed by atoms with van der Waals surface area (Å²) in [5.74, 6) is -20.6. The molecule has 0 aliphatic carbocycles. The number of hydrogen-bond donors (Lipinski definition) is 27. The van der Waals surface area contributed by atoms with E-state index >= 15 is 0 Å². The van der Waals surface area contributed by atoms with Gasteiger partial charge in [0, 0.05) is 25.8 Å². The molecule has 44 heteroatoms. The second-order valence-electron chi connectivity index (χ2n) is 29.9. The lowest BCUT2D eigenvalue weighted by Crippen LogP contribution is -2.62. The van der Waals surface area contributed by atoms with Gasteiger partial charge in [-0.25, -0.2) is 4.79 Å². The van der Waals surface area contributed by atoms with Crippen molar-refractivity contribution in [3.05, 3.63) is 95.6 Å². The molecule has 0 bridgehead atoms. The second kappa shape index (κ2) is 50.9. The van der Waals surface area contributed by atoms with Crippen LogP contribution >= 0.6 is 0 Å². The summed E-state index contributed by atoms with van der Waals surface area (Å²) in [6, 6.07) is -2.05. The second-order valence-corrected chi connectivity index (χ2v) is 29.9. The fourth-order valence-electron chi connectivity index (χ4n) is 11.5. The number of carboxylic acid groups (broad SMARTS) is 1. The molecule has 0 spiro atoms. The molecule has 30 N–H and O–H groups in total. The molecule has 3 aromatic carbocycles. The molecule has 0 saturated heterocycles. The van der Waals surface area contributed by atoms with Crippen molar-refractivity contribution in [3.63, 3.8) is 0 Å². The highest BCUT2D eigenvalue weighted by Crippen LogP contribution is 2.17. The van der Waals surface area contributed by atoms with E-state index in [2.05, 4.69) is 85.1 Å². The number of carbonyl (C=O) groups is 17. The summed E-state index contributed by atoms with van der Waals surface area (Å²) >= 11 is 0. The Kier molecular flexibility index (Phi) is 43.2. The van der Waals surface area contributed by atoms with Gasteiger partial charge in [0.1, 0.15) is 84.0 Å². The Labute approximate surface area is 697 Å². The van der Waals surface area contributed by atoms with Gasteiger partial charge in [0.25, 0.3) is 0 Å². The highest BCUT2D eigenvalue weighted by Gasteiger charge is 2.39. The first-order valence-corrected chi connectivity index (χ1v) is 38.8. The van der Waals surface area contributed by atoms with Crippen molar-refractivity contribution in [3.8, 4) is 11.5 Å². The molecule has 0 aromatic heterocycles. The zero-order valence-electron chi connectivity index (χ0n) is 68.8. The molecule has 0 fully saturated rings. The van der Waals surface area contributed by atoms with Crippen LogP contribution in [-0.4, -0.2) is 272 Å². The summed E-state index contributed by atoms with van der Waals surface area (Å²) in [5.41, 5.74) is 17.5. The number of amides is 16. The third kappa shape index (κ3) is 37.0. The summed E-state index contributed by atoms with van der Waals surface area (Å²) in [6.45, 7) is 10.2. The highest BCUT2D eigenvalue weighted by molar-refractivity contribution is 6.01. The van der Waals surface area contributed by atoms with E-state index in [1.807, 2.05) is 0 Å². The van der Waals surface area contributed by atoms with E-state index in [-0.39, 0.29) is 62.5 Å². The number of aliphatic hydroxyl groups is 4. The van der Waals surface area contributed by atoms with Crippen LogP contribution in [0.15, 0.2) is 78.9 Å². The maximum Gasteiger partial charge on any atom is 0.326 e. The van der Waals surface area contributed by atoms with Crippen molar-refractivity contribution in [2.75, 3.05) is 32.8 Å². The first kappa shape index (κ1) is 103. The predicted molar refractivity (Wildman–Crippen MR) is 431 cm³/mol. The Bertz CT molecular complexity index is 4060. The van der Waals surface area contributed by atoms with E-state index in [0.717, 1.165) is 20.8 Å². The predicted octanol–water partition coefficient (Wildman–Crippen LogP) is -8.64. The molecule has 44 nitrogen and oxygen atoms in total. The fourth-order valence-corrected chi connectivity index (χ4v) is 11.5. The SMILES string of the molecule is CC(C)C[C@H](NC(=O)[C@H](CCCNC(=N)N)NC(=O)[C@@H](NC(=O)CNC(=O)[C@H](CO)NC(=O)CNC(=O)[C@H](Cc1ccccc1)NC(=O)[C@@H](NC(=O)[C@H](Cc1ccc(O)cc1)NC(=O)CNC(=O)[C@H](Cc1ccc(O)cc1)NC(=O)[C@H](CC(N)=O)NC(=O)[C@H](C)N)[C@@H](C)O)[C@@H](C)O)C(=O)N[C@H](C(=O)N[C@H](C(=O)N[C@H](C(=O)O)C(C)C)C(C)C)[C@@H](C)O. The molecule has 3 rings (SSSR count). The molecule has 0 heterocycles. The lowest BCUT2D eigenvalue weighted by molar-refractivity contribution is -0.144. The zero-order chi connectivity index (χ0) is 91.2. The summed E-state index contributed by atoms with van der Waals surface area (Å²) < 4.78 is 0. The van der Waals surface area contributed by atoms with Crippen molar-refractivity contribution in [2.24, 2.45) is 35.0 Å². The summed E-state index contributed by atoms with van der Waals surface area (Å²) in [4.78, 5) is 230. The van der Waals surface area contributed by atoms with E-state index in [9.17, 15) is 117 Å². The zero-order valence-corrected chi connectivity index (χ0v) is 68.8. The molecule has 3 aromatic rings. The van der Waals surface area contributed by atoms with E-state index in [1.165, 1.54) is 55.5 Å². The Morgan fingerprint density at radius 1 is 0.372 bits per heavy atom. The number of carbonyl (C=O) groups excluding carboxylic acids is 16. The topological polar surface area (TPSA) is 726 Å². The third-order valence-corrected chi connectivity index (χ3v) is 18.2. The van der Waals surface area contributed by atoms with Gasteiger partial charge in [-0.2, -0.15) is 0 Å². The molecule has 16 atom stereocenters. The van der Waals surface area contributed by atoms with E-state index in [0.29, 0.717) is 16.7 Å². The minimum atomic E-state index is -1.92. The van der Waals surface area contributed by atoms with Crippen LogP contribution in [0.3, 0.4) is 0 Å². The third-order valence-electron chi connectivity index (χ3n) is 18.2. The van der Waals surface area contributed by atoms with E-state index in [4.69, 9.17) is 22.6 Å². The normalized spacial score (nSPS) is 15.1. The standard InChI is InChI=1S/C77H116N20O24/c1-36(2)27-49(70(114)97-63(42(10)101)75(119)94-59(37(3)4)72(116)95-60(38(5)6)76(120)121)90-68(112)48(17-14-26-82-77(80)81)88-73(117)61(40(8)99)93-58(107)34-85-67(111)54(35-98)87-57(106)33-84-66(110)51(28-43-15-12-11-13-16-43)92-74(118)62(41(9)100)96-71(115)52(30-45-20-24-47(103)25-21-45)86-56(105)32-83-65(109)50(29-44-18-22-46(102)23-19-44)91-69(113)53(31-55(79)104)89-64(108)39(7)78/h11-13,15-16,18-25,36-42,48-54,59-63,98-103H,14,17,26-35,78H2,1-10H3,(H2,79,104)(H,83,109)(H,84,110)(H,85,111)(H,86,105)(H,87,106)(H,88,117)(H,89,108)(H,90,112)(H,91,113)(H,92,118)(H,93,107)(H,94,119)(H,95,116)(H,96,115)(H,97,114)(H,120,121)(H4,80,81,82)/t39-,40+,41+,42+,48-,49-,50-,51-,52-,53-,54-,59-,60-,61-,62-,63-/m0/s1. The summed E-state index contributed by atoms with van der Waals surface area (Å²) in [7, 11) is 0. The van der Waals surface area contributed by atoms with Crippen LogP contribution in [0, 0.1) is 23.2 Å². The van der Waals surface area contributed by atoms with Gasteiger partial charge in [-0.1, -0.05) is 96.1 Å². The molecule has 668 valence electrons. The Morgan fingerprint density at radius 3 is 1.12 bits per heavy atom. The number of aromatic hydroxyl groups is 2. The van der Waals surface area contributed by atoms with Crippen LogP contribution in [0.5, 0.6) is 11.5 Å². The number of nitrogens with one attached hydrogen (secondary N) is 17. The number of phenols is 2. The number of phenolic OH excluding ortho intramolecular Hbond substituents is 2. The molecular weight excluding hydrogens is 1590 g/mol. The highest BCUT2D eigenvalue weighted by atomic mass is 16.4. The van der Waals surface area contributed by atoms with E-state index < -0.39 is 248 Å². The van der Waals surface area contributed by atoms with Gasteiger partial charge in [0.05, 0.1) is 57.0 Å². The van der Waals surface area contributed by atoms with Crippen LogP contribution in [0.1, 0.15) is 112 Å². The van der Waals surface area contributed by atoms with Gasteiger partial charge >= 0.3 is 5.97 Å². The Morgan fingerprint density at radius 2 is 0.711 bits per heavy atom. The minimum absolute atomic E-state index is 0.0107. The number of nitrogens with two attached hydrogens (primary N) is 3. The lowest BCUT2D eigenvalue weighted by atomic mass is 9.99. The smallest absolute Gasteiger partial charge is 0.326 e. The van der Waals surface area contributed by atoms with Crippen LogP contribution < -0.4 is 102 Å². The van der Waals surface area contributed by atoms with Crippen molar-refractivity contribution in [1.29, 1.82) is 5.41 Å². The number of aliphatic carboxylic acids is 1. The number of guanidine groups is 1. The summed E-state index contributed by atoms with van der Waals surface area (Å²) in [6.07, 6.45) is -7.14. The van der Waals surface area contributed by atoms with Crippen molar-refractivity contribution in [2.45, 2.75) is 211 Å². The quantitative estimate of drug-likeness (QED) is 0.0142. The molecule has 0 aliphatic heterocycles. The average Bonchev–Trinajstić information content (AvgIpc) is 0.852. The number of aliphatic hydroxyl groups excluding tert-OH is 4. The maximum absolute atomic E-state index is 14.3. The first-order valence-electron chi connectivity index (χ1n) is 38.8. The van der Waals surface area contributed by atoms with Crippen LogP contribution in [-0.2, 0) is 101 Å². The molecular formula is C77H116N20O24. The number of primary amides is 1. The molecule has 16 amide bonds. The van der Waals surface area contributed by atoms with Gasteiger partial charge in [0.2, 0.25) is 94.5 Å². The lowest BCUT2D eigenvalue weighted by Gasteiger charge is -2.30. The number of carboxylic acids is 1. The van der Waals surface area contributed by atoms with E-state index in [1.54, 1.807) is 71.9 Å². The monoisotopic (exact) mass is 1700 g/mol. The van der Waals surface area contributed by atoms with Crippen LogP contribution in [0.2, 0.25) is 0 Å². The Hall–Kier alpha value is -12.7. The van der Waals surface area contributed by atoms with Gasteiger partial charge in [-0.05, 0) is 106 Å². The van der Waals surface area contributed by atoms with Gasteiger partial charge in [0.15, 0.2) is 5.96 Å². The largest absolute Gasteiger partial charge is 0.508 e. The average molecular weight is 1710 g/mol. The van der Waals surface area contributed by atoms with Gasteiger partial charge < -0.3 is 138 Å². The van der Waals surface area contributed by atoms with Crippen LogP contribution in [0.4, 0.5) is 0 Å². The molecule has 121 heavy (non-hydrogen) atoms. The minimum Gasteiger partial charge on any atom is -0.508 e. The van der Waals surface area contributed by atoms with Crippen molar-refractivity contribution < 1.29 is 117 Å². The fraction of sp³-hybridized carbons (Fsp3) is 0.532. The number of hydrogen-bond acceptors (Lipinski definition) is 25. The molecule has 0 aliphatic rings. The number of rotatable bonds is 51. The Balaban J connectivity index is 1.78. The number of benzene rings is 3. The summed E-state index contributed by atoms with van der Waals surface area (Å²) in [5, 5.41) is 118. The van der Waals surface area contributed by atoms with Gasteiger partial charge in [-0.15, -0.1) is 0 Å². The first-order chi connectivity index (χ1) is 56.7. The van der Waals surface area contributed by atoms with Crippen molar-refractivity contribution >= 4 is 106 Å². The van der Waals surface area contributed by atoms with Crippen molar-refractivity contribution in [1.82, 2.24) is 85.1 Å². The van der Waals surface area contributed by atoms with Gasteiger partial charge in [-0.3, -0.25) is 82.1 Å². The van der Waals surface area contributed by atoms with Crippen LogP contribution in [0.25, 0.3) is 0 Å². The molecule has 0 radical (unpaired) electrons. The molecule has 0 unspecified atom stereocenters.